The zero-order chi connectivity index (χ0) is 11.3. The van der Waals surface area contributed by atoms with E-state index in [0.717, 1.165) is 30.9 Å². The van der Waals surface area contributed by atoms with Crippen LogP contribution in [-0.4, -0.2) is 22.4 Å². The molecule has 86 valence electrons. The van der Waals surface area contributed by atoms with Gasteiger partial charge in [-0.2, -0.15) is 5.10 Å². The van der Waals surface area contributed by atoms with Gasteiger partial charge in [0, 0.05) is 25.7 Å². The van der Waals surface area contributed by atoms with E-state index < -0.39 is 0 Å². The topological polar surface area (TPSA) is 55.9 Å². The fraction of sp³-hybridized carbons (Fsp3) is 0.727. The molecule has 0 amide bonds. The number of aromatic nitrogens is 2. The van der Waals surface area contributed by atoms with Crippen LogP contribution in [0.3, 0.4) is 0 Å². The van der Waals surface area contributed by atoms with Crippen molar-refractivity contribution in [2.75, 3.05) is 11.9 Å². The predicted octanol–water partition coefficient (Wildman–Crippen LogP) is 1.66. The van der Waals surface area contributed by atoms with Crippen LogP contribution < -0.4 is 11.1 Å². The first-order valence-corrected chi connectivity index (χ1v) is 5.59. The monoisotopic (exact) mass is 210 g/mol. The second-order valence-electron chi connectivity index (χ2n) is 4.19. The molecule has 0 saturated carbocycles. The van der Waals surface area contributed by atoms with E-state index in [-0.39, 0.29) is 0 Å². The van der Waals surface area contributed by atoms with Crippen molar-refractivity contribution in [3.63, 3.8) is 0 Å². The van der Waals surface area contributed by atoms with Crippen LogP contribution in [0, 0.1) is 6.92 Å². The van der Waals surface area contributed by atoms with Gasteiger partial charge in [0.05, 0.1) is 5.69 Å². The Labute approximate surface area is 91.8 Å². The number of unbranched alkanes of at least 4 members (excludes halogenated alkanes) is 1. The van der Waals surface area contributed by atoms with Gasteiger partial charge in [-0.15, -0.1) is 0 Å². The van der Waals surface area contributed by atoms with E-state index in [0.29, 0.717) is 6.04 Å². The quantitative estimate of drug-likeness (QED) is 0.702. The van der Waals surface area contributed by atoms with Crippen LogP contribution in [-0.2, 0) is 7.05 Å². The summed E-state index contributed by atoms with van der Waals surface area (Å²) in [7, 11) is 1.96. The van der Waals surface area contributed by atoms with E-state index in [1.165, 1.54) is 6.42 Å². The molecule has 0 aliphatic heterocycles. The normalized spacial score (nSPS) is 12.8. The Balaban J connectivity index is 2.17. The molecule has 1 heterocycles. The Morgan fingerprint density at radius 3 is 2.80 bits per heavy atom. The molecule has 1 atom stereocenters. The molecule has 1 aromatic heterocycles. The van der Waals surface area contributed by atoms with Crippen LogP contribution in [0.5, 0.6) is 0 Å². The summed E-state index contributed by atoms with van der Waals surface area (Å²) in [6.07, 6.45) is 3.44. The number of nitrogens with two attached hydrogens (primary N) is 1. The summed E-state index contributed by atoms with van der Waals surface area (Å²) in [5.41, 5.74) is 6.73. The van der Waals surface area contributed by atoms with Crippen LogP contribution in [0.15, 0.2) is 6.07 Å². The first kappa shape index (κ1) is 12.0. The van der Waals surface area contributed by atoms with Crippen molar-refractivity contribution >= 4 is 5.82 Å². The summed E-state index contributed by atoms with van der Waals surface area (Å²) in [6.45, 7) is 5.05. The van der Waals surface area contributed by atoms with Gasteiger partial charge in [0.2, 0.25) is 0 Å². The van der Waals surface area contributed by atoms with E-state index in [1.54, 1.807) is 0 Å². The lowest BCUT2D eigenvalue weighted by Gasteiger charge is -2.07. The highest BCUT2D eigenvalue weighted by atomic mass is 15.3. The molecule has 0 bridgehead atoms. The molecule has 0 spiro atoms. The molecule has 0 aliphatic rings. The number of anilines is 1. The van der Waals surface area contributed by atoms with E-state index in [2.05, 4.69) is 23.4 Å². The molecule has 0 aliphatic carbocycles. The average Bonchev–Trinajstić information content (AvgIpc) is 2.44. The summed E-state index contributed by atoms with van der Waals surface area (Å²) in [5, 5.41) is 7.64. The van der Waals surface area contributed by atoms with Gasteiger partial charge in [-0.1, -0.05) is 6.42 Å². The van der Waals surface area contributed by atoms with Crippen LogP contribution in [0.25, 0.3) is 0 Å². The van der Waals surface area contributed by atoms with Gasteiger partial charge in [0.1, 0.15) is 5.82 Å². The highest BCUT2D eigenvalue weighted by Crippen LogP contribution is 2.08. The fourth-order valence-corrected chi connectivity index (χ4v) is 1.58. The third-order valence-electron chi connectivity index (χ3n) is 2.39. The maximum Gasteiger partial charge on any atom is 0.124 e. The molecule has 1 rings (SSSR count). The van der Waals surface area contributed by atoms with Crippen molar-refractivity contribution in [1.82, 2.24) is 9.78 Å². The van der Waals surface area contributed by atoms with Crippen LogP contribution in [0.4, 0.5) is 5.82 Å². The van der Waals surface area contributed by atoms with Crippen molar-refractivity contribution < 1.29 is 0 Å². The van der Waals surface area contributed by atoms with Crippen molar-refractivity contribution in [3.05, 3.63) is 11.8 Å². The number of nitrogens with zero attached hydrogens (tertiary/aromatic N) is 2. The Morgan fingerprint density at radius 2 is 2.27 bits per heavy atom. The maximum atomic E-state index is 5.68. The number of hydrogen-bond acceptors (Lipinski definition) is 3. The molecule has 15 heavy (non-hydrogen) atoms. The lowest BCUT2D eigenvalue weighted by molar-refractivity contribution is 0.606. The number of hydrogen-bond donors (Lipinski definition) is 2. The molecule has 1 aromatic rings. The fourth-order valence-electron chi connectivity index (χ4n) is 1.58. The van der Waals surface area contributed by atoms with E-state index in [1.807, 2.05) is 18.7 Å². The molecule has 0 fully saturated rings. The van der Waals surface area contributed by atoms with Gasteiger partial charge >= 0.3 is 0 Å². The summed E-state index contributed by atoms with van der Waals surface area (Å²) in [5.74, 6) is 1.09. The van der Waals surface area contributed by atoms with Gasteiger partial charge in [-0.05, 0) is 26.7 Å². The average molecular weight is 210 g/mol. The van der Waals surface area contributed by atoms with E-state index in [4.69, 9.17) is 5.73 Å². The molecule has 1 unspecified atom stereocenters. The minimum Gasteiger partial charge on any atom is -0.370 e. The van der Waals surface area contributed by atoms with Crippen LogP contribution in [0.1, 0.15) is 31.9 Å². The largest absolute Gasteiger partial charge is 0.370 e. The number of aryl methyl sites for hydroxylation is 2. The molecule has 4 nitrogen and oxygen atoms in total. The van der Waals surface area contributed by atoms with Crippen LogP contribution >= 0.6 is 0 Å². The van der Waals surface area contributed by atoms with Crippen molar-refractivity contribution in [2.24, 2.45) is 12.8 Å². The first-order chi connectivity index (χ1) is 7.09. The van der Waals surface area contributed by atoms with Gasteiger partial charge in [0.25, 0.3) is 0 Å². The van der Waals surface area contributed by atoms with Gasteiger partial charge < -0.3 is 11.1 Å². The highest BCUT2D eigenvalue weighted by molar-refractivity contribution is 5.36. The summed E-state index contributed by atoms with van der Waals surface area (Å²) >= 11 is 0. The molecular weight excluding hydrogens is 188 g/mol. The SMILES string of the molecule is Cc1cc(NCCCCC(C)N)n(C)n1. The lowest BCUT2D eigenvalue weighted by atomic mass is 10.1. The minimum absolute atomic E-state index is 0.323. The third kappa shape index (κ3) is 4.34. The van der Waals surface area contributed by atoms with Crippen molar-refractivity contribution in [2.45, 2.75) is 39.2 Å². The van der Waals surface area contributed by atoms with Crippen molar-refractivity contribution in [1.29, 1.82) is 0 Å². The molecular formula is C11H22N4. The zero-order valence-corrected chi connectivity index (χ0v) is 9.95. The smallest absolute Gasteiger partial charge is 0.124 e. The van der Waals surface area contributed by atoms with E-state index in [9.17, 15) is 0 Å². The van der Waals surface area contributed by atoms with E-state index >= 15 is 0 Å². The first-order valence-electron chi connectivity index (χ1n) is 5.59. The number of rotatable bonds is 6. The minimum atomic E-state index is 0.323. The zero-order valence-electron chi connectivity index (χ0n) is 9.95. The Kier molecular flexibility index (Phi) is 4.62. The van der Waals surface area contributed by atoms with Gasteiger partial charge in [-0.25, -0.2) is 0 Å². The molecule has 0 radical (unpaired) electrons. The standard InChI is InChI=1S/C11H22N4/c1-9(12)6-4-5-7-13-11-8-10(2)14-15(11)3/h8-9,13H,4-7,12H2,1-3H3. The molecule has 4 heteroatoms. The maximum absolute atomic E-state index is 5.68. The predicted molar refractivity (Wildman–Crippen MR) is 63.9 cm³/mol. The Morgan fingerprint density at radius 1 is 1.53 bits per heavy atom. The Bertz CT molecular complexity index is 291. The van der Waals surface area contributed by atoms with Crippen molar-refractivity contribution in [3.8, 4) is 0 Å². The number of nitrogens with one attached hydrogen (secondary N) is 1. The second kappa shape index (κ2) is 5.75. The summed E-state index contributed by atoms with van der Waals surface area (Å²) < 4.78 is 1.88. The molecule has 0 saturated heterocycles. The molecule has 3 N–H and O–H groups in total. The van der Waals surface area contributed by atoms with Gasteiger partial charge in [0.15, 0.2) is 0 Å². The van der Waals surface area contributed by atoms with Crippen LogP contribution in [0.2, 0.25) is 0 Å². The lowest BCUT2D eigenvalue weighted by Crippen LogP contribution is -2.15. The Hall–Kier alpha value is -1.03. The second-order valence-corrected chi connectivity index (χ2v) is 4.19. The molecule has 0 aromatic carbocycles. The van der Waals surface area contributed by atoms with Gasteiger partial charge in [-0.3, -0.25) is 4.68 Å². The highest BCUT2D eigenvalue weighted by Gasteiger charge is 2.00. The summed E-state index contributed by atoms with van der Waals surface area (Å²) in [6, 6.07) is 2.38. The summed E-state index contributed by atoms with van der Waals surface area (Å²) in [4.78, 5) is 0. The third-order valence-corrected chi connectivity index (χ3v) is 2.39.